The van der Waals surface area contributed by atoms with Crippen LogP contribution >= 0.6 is 0 Å². The van der Waals surface area contributed by atoms with Crippen molar-refractivity contribution in [2.45, 2.75) is 38.8 Å². The van der Waals surface area contributed by atoms with Crippen LogP contribution in [-0.2, 0) is 0 Å². The maximum atomic E-state index is 4.33. The van der Waals surface area contributed by atoms with Gasteiger partial charge in [0, 0.05) is 18.3 Å². The largest absolute Gasteiger partial charge is 0.306 e. The molecule has 0 aliphatic rings. The quantitative estimate of drug-likeness (QED) is 0.720. The Hall–Kier alpha value is -1.15. The van der Waals surface area contributed by atoms with Crippen LogP contribution < -0.4 is 5.32 Å². The van der Waals surface area contributed by atoms with E-state index in [1.54, 1.807) is 0 Å². The fourth-order valence-electron chi connectivity index (χ4n) is 1.60. The van der Waals surface area contributed by atoms with Gasteiger partial charge in [0.25, 0.3) is 0 Å². The van der Waals surface area contributed by atoms with Gasteiger partial charge >= 0.3 is 0 Å². The van der Waals surface area contributed by atoms with Gasteiger partial charge in [0.05, 0.1) is 5.69 Å². The first-order chi connectivity index (χ1) is 7.24. The molecule has 0 spiro atoms. The van der Waals surface area contributed by atoms with Gasteiger partial charge in [-0.25, -0.2) is 0 Å². The average Bonchev–Trinajstić information content (AvgIpc) is 2.27. The zero-order chi connectivity index (χ0) is 11.1. The molecule has 0 aliphatic heterocycles. The summed E-state index contributed by atoms with van der Waals surface area (Å²) in [7, 11) is 0. The number of hydrogen-bond donors (Lipinski definition) is 1. The number of nitrogens with one attached hydrogen (secondary N) is 1. The minimum atomic E-state index is 0.311. The van der Waals surface area contributed by atoms with Crippen molar-refractivity contribution in [3.63, 3.8) is 0 Å². The van der Waals surface area contributed by atoms with Gasteiger partial charge in [-0.05, 0) is 38.8 Å². The summed E-state index contributed by atoms with van der Waals surface area (Å²) in [5.41, 5.74) is 1.10. The summed E-state index contributed by atoms with van der Waals surface area (Å²) in [6, 6.07) is 6.83. The molecule has 2 nitrogen and oxygen atoms in total. The van der Waals surface area contributed by atoms with Crippen LogP contribution in [0.1, 0.15) is 38.4 Å². The molecule has 0 amide bonds. The highest BCUT2D eigenvalue weighted by atomic mass is 15.0. The molecule has 0 saturated carbocycles. The molecule has 1 rings (SSSR count). The van der Waals surface area contributed by atoms with E-state index >= 15 is 0 Å². The number of rotatable bonds is 6. The standard InChI is InChI=1S/C13H20N2/c1-4-5-8-11(2)15-12(3)13-9-6-7-10-14-13/h4,6-7,9-12,15H,1,5,8H2,2-3H3/t11-,12-/m0/s1. The van der Waals surface area contributed by atoms with E-state index in [0.29, 0.717) is 12.1 Å². The second-order valence-corrected chi connectivity index (χ2v) is 3.91. The summed E-state index contributed by atoms with van der Waals surface area (Å²) in [5.74, 6) is 0. The van der Waals surface area contributed by atoms with Crippen molar-refractivity contribution >= 4 is 0 Å². The van der Waals surface area contributed by atoms with Crippen molar-refractivity contribution in [1.29, 1.82) is 0 Å². The van der Waals surface area contributed by atoms with Crippen LogP contribution in [0.4, 0.5) is 0 Å². The molecular formula is C13H20N2. The predicted molar refractivity (Wildman–Crippen MR) is 64.7 cm³/mol. The molecule has 0 unspecified atom stereocenters. The van der Waals surface area contributed by atoms with E-state index in [1.165, 1.54) is 0 Å². The average molecular weight is 204 g/mol. The van der Waals surface area contributed by atoms with E-state index in [9.17, 15) is 0 Å². The van der Waals surface area contributed by atoms with Crippen LogP contribution in [0.5, 0.6) is 0 Å². The van der Waals surface area contributed by atoms with Crippen LogP contribution in [-0.4, -0.2) is 11.0 Å². The van der Waals surface area contributed by atoms with Gasteiger partial charge < -0.3 is 5.32 Å². The minimum Gasteiger partial charge on any atom is -0.306 e. The van der Waals surface area contributed by atoms with Crippen molar-refractivity contribution in [1.82, 2.24) is 10.3 Å². The lowest BCUT2D eigenvalue weighted by molar-refractivity contribution is 0.453. The minimum absolute atomic E-state index is 0.311. The van der Waals surface area contributed by atoms with Crippen LogP contribution in [0, 0.1) is 0 Å². The molecule has 15 heavy (non-hydrogen) atoms. The Bertz CT molecular complexity index is 282. The molecule has 1 N–H and O–H groups in total. The Morgan fingerprint density at radius 2 is 2.27 bits per heavy atom. The lowest BCUT2D eigenvalue weighted by atomic mass is 10.1. The zero-order valence-corrected chi connectivity index (χ0v) is 9.61. The van der Waals surface area contributed by atoms with Crippen molar-refractivity contribution in [3.8, 4) is 0 Å². The highest BCUT2D eigenvalue weighted by molar-refractivity contribution is 5.07. The Balaban J connectivity index is 2.41. The van der Waals surface area contributed by atoms with Crippen molar-refractivity contribution in [3.05, 3.63) is 42.7 Å². The molecule has 1 aromatic rings. The molecular weight excluding hydrogens is 184 g/mol. The molecule has 2 heteroatoms. The number of hydrogen-bond acceptors (Lipinski definition) is 2. The highest BCUT2D eigenvalue weighted by Crippen LogP contribution is 2.10. The first-order valence-electron chi connectivity index (χ1n) is 5.52. The van der Waals surface area contributed by atoms with E-state index in [0.717, 1.165) is 18.5 Å². The molecule has 0 bridgehead atoms. The third-order valence-corrected chi connectivity index (χ3v) is 2.47. The molecule has 1 heterocycles. The number of allylic oxidation sites excluding steroid dienone is 1. The molecule has 2 atom stereocenters. The SMILES string of the molecule is C=CCC[C@H](C)N[C@@H](C)c1ccccn1. The lowest BCUT2D eigenvalue weighted by Crippen LogP contribution is -2.29. The maximum Gasteiger partial charge on any atom is 0.0570 e. The monoisotopic (exact) mass is 204 g/mol. The van der Waals surface area contributed by atoms with Crippen molar-refractivity contribution < 1.29 is 0 Å². The second-order valence-electron chi connectivity index (χ2n) is 3.91. The van der Waals surface area contributed by atoms with Gasteiger partial charge in [0.1, 0.15) is 0 Å². The summed E-state index contributed by atoms with van der Waals surface area (Å²) in [6.45, 7) is 8.07. The zero-order valence-electron chi connectivity index (χ0n) is 9.61. The van der Waals surface area contributed by atoms with Gasteiger partial charge in [0.15, 0.2) is 0 Å². The van der Waals surface area contributed by atoms with Crippen LogP contribution in [0.2, 0.25) is 0 Å². The van der Waals surface area contributed by atoms with Crippen molar-refractivity contribution in [2.75, 3.05) is 0 Å². The fraction of sp³-hybridized carbons (Fsp3) is 0.462. The summed E-state index contributed by atoms with van der Waals surface area (Å²) in [6.07, 6.45) is 5.98. The van der Waals surface area contributed by atoms with Gasteiger partial charge in [-0.3, -0.25) is 4.98 Å². The molecule has 0 fully saturated rings. The molecule has 1 aromatic heterocycles. The molecule has 82 valence electrons. The topological polar surface area (TPSA) is 24.9 Å². The first kappa shape index (κ1) is 11.9. The third kappa shape index (κ3) is 4.26. The van der Waals surface area contributed by atoms with Gasteiger partial charge in [-0.15, -0.1) is 6.58 Å². The molecule has 0 saturated heterocycles. The van der Waals surface area contributed by atoms with Gasteiger partial charge in [-0.2, -0.15) is 0 Å². The first-order valence-corrected chi connectivity index (χ1v) is 5.52. The summed E-state index contributed by atoms with van der Waals surface area (Å²) < 4.78 is 0. The van der Waals surface area contributed by atoms with E-state index in [4.69, 9.17) is 0 Å². The van der Waals surface area contributed by atoms with E-state index < -0.39 is 0 Å². The number of aromatic nitrogens is 1. The second kappa shape index (κ2) is 6.36. The Morgan fingerprint density at radius 1 is 1.47 bits per heavy atom. The van der Waals surface area contributed by atoms with E-state index in [1.807, 2.05) is 24.4 Å². The maximum absolute atomic E-state index is 4.33. The molecule has 0 radical (unpaired) electrons. The number of nitrogens with zero attached hydrogens (tertiary/aromatic N) is 1. The van der Waals surface area contributed by atoms with E-state index in [-0.39, 0.29) is 0 Å². The fourth-order valence-corrected chi connectivity index (χ4v) is 1.60. The van der Waals surface area contributed by atoms with Crippen molar-refractivity contribution in [2.24, 2.45) is 0 Å². The normalized spacial score (nSPS) is 14.5. The van der Waals surface area contributed by atoms with Crippen LogP contribution in [0.3, 0.4) is 0 Å². The van der Waals surface area contributed by atoms with Crippen LogP contribution in [0.25, 0.3) is 0 Å². The Kier molecular flexibility index (Phi) is 5.05. The van der Waals surface area contributed by atoms with Crippen LogP contribution in [0.15, 0.2) is 37.1 Å². The Morgan fingerprint density at radius 3 is 2.87 bits per heavy atom. The third-order valence-electron chi connectivity index (χ3n) is 2.47. The number of pyridine rings is 1. The van der Waals surface area contributed by atoms with Gasteiger partial charge in [0.2, 0.25) is 0 Å². The summed E-state index contributed by atoms with van der Waals surface area (Å²) in [5, 5.41) is 3.52. The molecule has 0 aliphatic carbocycles. The summed E-state index contributed by atoms with van der Waals surface area (Å²) >= 11 is 0. The summed E-state index contributed by atoms with van der Waals surface area (Å²) in [4.78, 5) is 4.33. The smallest absolute Gasteiger partial charge is 0.0570 e. The van der Waals surface area contributed by atoms with Gasteiger partial charge in [-0.1, -0.05) is 12.1 Å². The highest BCUT2D eigenvalue weighted by Gasteiger charge is 2.08. The lowest BCUT2D eigenvalue weighted by Gasteiger charge is -2.19. The van der Waals surface area contributed by atoms with E-state index in [2.05, 4.69) is 36.8 Å². The predicted octanol–water partition coefficient (Wildman–Crippen LogP) is 3.09. The Labute approximate surface area is 92.4 Å². The molecule has 0 aromatic carbocycles.